The highest BCUT2D eigenvalue weighted by atomic mass is 19.1. The summed E-state index contributed by atoms with van der Waals surface area (Å²) in [6, 6.07) is 14.4. The number of aromatic amines is 1. The number of methoxy groups -OCH3 is 1. The third kappa shape index (κ3) is 4.30. The summed E-state index contributed by atoms with van der Waals surface area (Å²) < 4.78 is 19.0. The lowest BCUT2D eigenvalue weighted by Crippen LogP contribution is -2.48. The molecule has 156 valence electrons. The Labute approximate surface area is 175 Å². The number of nitrogens with zero attached hydrogens (tertiary/aromatic N) is 2. The summed E-state index contributed by atoms with van der Waals surface area (Å²) in [5.74, 6) is 1.04. The minimum Gasteiger partial charge on any atom is -0.497 e. The lowest BCUT2D eigenvalue weighted by Gasteiger charge is -2.33. The maximum absolute atomic E-state index is 13.8. The zero-order valence-electron chi connectivity index (χ0n) is 17.1. The van der Waals surface area contributed by atoms with E-state index in [4.69, 9.17) is 4.74 Å². The quantitative estimate of drug-likeness (QED) is 0.671. The summed E-state index contributed by atoms with van der Waals surface area (Å²) in [4.78, 5) is 14.7. The van der Waals surface area contributed by atoms with Gasteiger partial charge in [-0.2, -0.15) is 5.10 Å². The number of ether oxygens (including phenoxy) is 1. The fraction of sp³-hybridized carbons (Fsp3) is 0.304. The molecule has 1 aliphatic heterocycles. The Balaban J connectivity index is 1.42. The molecule has 0 spiro atoms. The van der Waals surface area contributed by atoms with E-state index in [-0.39, 0.29) is 17.8 Å². The van der Waals surface area contributed by atoms with Crippen LogP contribution < -0.4 is 15.0 Å². The Bertz CT molecular complexity index is 1030. The number of carbonyl (C=O) groups is 1. The summed E-state index contributed by atoms with van der Waals surface area (Å²) in [6.07, 6.45) is 1.82. The molecule has 6 nitrogen and oxygen atoms in total. The van der Waals surface area contributed by atoms with Gasteiger partial charge in [0.05, 0.1) is 12.8 Å². The van der Waals surface area contributed by atoms with E-state index in [1.54, 1.807) is 26.2 Å². The van der Waals surface area contributed by atoms with Crippen LogP contribution in [0.5, 0.6) is 5.75 Å². The number of rotatable bonds is 5. The number of H-pyrrole nitrogens is 1. The molecule has 3 aromatic rings. The molecule has 4 rings (SSSR count). The number of aromatic nitrogens is 2. The first kappa shape index (κ1) is 19.9. The Morgan fingerprint density at radius 3 is 2.77 bits per heavy atom. The molecule has 1 unspecified atom stereocenters. The summed E-state index contributed by atoms with van der Waals surface area (Å²) in [5.41, 5.74) is 2.82. The molecule has 0 saturated carbocycles. The zero-order valence-corrected chi connectivity index (χ0v) is 17.1. The molecule has 0 radical (unpaired) electrons. The second-order valence-electron chi connectivity index (χ2n) is 7.59. The van der Waals surface area contributed by atoms with E-state index in [0.29, 0.717) is 17.7 Å². The normalized spacial score (nSPS) is 16.4. The van der Waals surface area contributed by atoms with Crippen LogP contribution in [0.25, 0.3) is 11.3 Å². The Kier molecular flexibility index (Phi) is 5.70. The zero-order chi connectivity index (χ0) is 21.1. The van der Waals surface area contributed by atoms with Crippen LogP contribution in [0.15, 0.2) is 48.5 Å². The van der Waals surface area contributed by atoms with Crippen LogP contribution >= 0.6 is 0 Å². The van der Waals surface area contributed by atoms with Gasteiger partial charge in [0.25, 0.3) is 5.91 Å². The van der Waals surface area contributed by atoms with Gasteiger partial charge in [0.15, 0.2) is 5.82 Å². The predicted molar refractivity (Wildman–Crippen MR) is 114 cm³/mol. The van der Waals surface area contributed by atoms with Crippen molar-refractivity contribution in [1.29, 1.82) is 0 Å². The first-order chi connectivity index (χ1) is 14.5. The van der Waals surface area contributed by atoms with Gasteiger partial charge in [0.2, 0.25) is 0 Å². The third-order valence-electron chi connectivity index (χ3n) is 5.48. The second-order valence-corrected chi connectivity index (χ2v) is 7.59. The Hall–Kier alpha value is -3.35. The van der Waals surface area contributed by atoms with Gasteiger partial charge in [0.1, 0.15) is 11.6 Å². The Morgan fingerprint density at radius 2 is 2.03 bits per heavy atom. The lowest BCUT2D eigenvalue weighted by molar-refractivity contribution is 0.0932. The highest BCUT2D eigenvalue weighted by molar-refractivity contribution is 5.94. The van der Waals surface area contributed by atoms with Gasteiger partial charge in [-0.1, -0.05) is 6.07 Å². The van der Waals surface area contributed by atoms with Crippen molar-refractivity contribution in [2.45, 2.75) is 25.8 Å². The van der Waals surface area contributed by atoms with E-state index in [2.05, 4.69) is 20.4 Å². The van der Waals surface area contributed by atoms with Crippen molar-refractivity contribution >= 4 is 11.7 Å². The van der Waals surface area contributed by atoms with E-state index in [0.717, 1.165) is 42.2 Å². The highest BCUT2D eigenvalue weighted by Gasteiger charge is 2.24. The molecule has 2 heterocycles. The van der Waals surface area contributed by atoms with Crippen LogP contribution in [0, 0.1) is 12.7 Å². The topological polar surface area (TPSA) is 70.2 Å². The van der Waals surface area contributed by atoms with Crippen LogP contribution in [0.3, 0.4) is 0 Å². The number of halogens is 1. The number of aryl methyl sites for hydroxylation is 1. The van der Waals surface area contributed by atoms with Crippen molar-refractivity contribution in [3.05, 3.63) is 65.5 Å². The number of amides is 1. The number of anilines is 1. The van der Waals surface area contributed by atoms with Gasteiger partial charge in [0, 0.05) is 30.8 Å². The maximum atomic E-state index is 13.8. The number of nitrogens with one attached hydrogen (secondary N) is 2. The summed E-state index contributed by atoms with van der Waals surface area (Å²) >= 11 is 0. The Morgan fingerprint density at radius 1 is 1.23 bits per heavy atom. The largest absolute Gasteiger partial charge is 0.497 e. The molecule has 1 fully saturated rings. The van der Waals surface area contributed by atoms with Gasteiger partial charge >= 0.3 is 0 Å². The number of hydrogen-bond acceptors (Lipinski definition) is 4. The lowest BCUT2D eigenvalue weighted by atomic mass is 10.0. The monoisotopic (exact) mass is 408 g/mol. The van der Waals surface area contributed by atoms with Crippen molar-refractivity contribution in [2.75, 3.05) is 25.1 Å². The van der Waals surface area contributed by atoms with Gasteiger partial charge in [-0.25, -0.2) is 4.39 Å². The van der Waals surface area contributed by atoms with Crippen molar-refractivity contribution in [1.82, 2.24) is 15.5 Å². The molecule has 0 aliphatic carbocycles. The molecule has 1 aliphatic rings. The van der Waals surface area contributed by atoms with Gasteiger partial charge in [-0.3, -0.25) is 9.89 Å². The predicted octanol–water partition coefficient (Wildman–Crippen LogP) is 3.93. The van der Waals surface area contributed by atoms with E-state index in [1.165, 1.54) is 6.07 Å². The van der Waals surface area contributed by atoms with E-state index in [9.17, 15) is 9.18 Å². The highest BCUT2D eigenvalue weighted by Crippen LogP contribution is 2.25. The fourth-order valence-corrected chi connectivity index (χ4v) is 3.70. The SMILES string of the molecule is COc1ccc(-c2cc(N3CCCC(NC(=O)c4ccc(C)c(F)c4)C3)n[nH]2)cc1. The molecule has 1 atom stereocenters. The second kappa shape index (κ2) is 8.57. The molecule has 0 bridgehead atoms. The summed E-state index contributed by atoms with van der Waals surface area (Å²) in [5, 5.41) is 10.6. The van der Waals surface area contributed by atoms with Gasteiger partial charge < -0.3 is 15.0 Å². The van der Waals surface area contributed by atoms with E-state index < -0.39 is 0 Å². The molecular weight excluding hydrogens is 383 g/mol. The summed E-state index contributed by atoms with van der Waals surface area (Å²) in [7, 11) is 1.64. The van der Waals surface area contributed by atoms with Crippen LogP contribution in [-0.2, 0) is 0 Å². The molecule has 1 aromatic heterocycles. The molecule has 1 amide bonds. The number of carbonyl (C=O) groups excluding carboxylic acids is 1. The molecule has 2 N–H and O–H groups in total. The molecule has 30 heavy (non-hydrogen) atoms. The number of hydrogen-bond donors (Lipinski definition) is 2. The molecule has 7 heteroatoms. The third-order valence-corrected chi connectivity index (χ3v) is 5.48. The maximum Gasteiger partial charge on any atom is 0.251 e. The smallest absolute Gasteiger partial charge is 0.251 e. The minimum atomic E-state index is -0.365. The van der Waals surface area contributed by atoms with Crippen molar-refractivity contribution in [3.8, 4) is 17.0 Å². The van der Waals surface area contributed by atoms with Crippen LogP contribution in [0.4, 0.5) is 10.2 Å². The van der Waals surface area contributed by atoms with E-state index in [1.807, 2.05) is 30.3 Å². The first-order valence-electron chi connectivity index (χ1n) is 10.1. The molecular formula is C23H25FN4O2. The van der Waals surface area contributed by atoms with Crippen LogP contribution in [0.2, 0.25) is 0 Å². The minimum absolute atomic E-state index is 0.0169. The summed E-state index contributed by atoms with van der Waals surface area (Å²) in [6.45, 7) is 3.21. The van der Waals surface area contributed by atoms with Crippen molar-refractivity contribution in [2.24, 2.45) is 0 Å². The van der Waals surface area contributed by atoms with Gasteiger partial charge in [-0.05, 0) is 67.3 Å². The van der Waals surface area contributed by atoms with Crippen molar-refractivity contribution in [3.63, 3.8) is 0 Å². The standard InChI is InChI=1S/C23H25FN4O2/c1-15-5-6-17(12-20(15)24)23(29)25-18-4-3-11-28(14-18)22-13-21(26-27-22)16-7-9-19(30-2)10-8-16/h5-10,12-13,18H,3-4,11,14H2,1-2H3,(H,25,29)(H,26,27). The first-order valence-corrected chi connectivity index (χ1v) is 10.1. The fourth-order valence-electron chi connectivity index (χ4n) is 3.70. The number of piperidine rings is 1. The van der Waals surface area contributed by atoms with Gasteiger partial charge in [-0.15, -0.1) is 0 Å². The molecule has 1 saturated heterocycles. The average Bonchev–Trinajstić information content (AvgIpc) is 3.26. The van der Waals surface area contributed by atoms with Crippen molar-refractivity contribution < 1.29 is 13.9 Å². The average molecular weight is 408 g/mol. The van der Waals surface area contributed by atoms with E-state index >= 15 is 0 Å². The van der Waals surface area contributed by atoms with Crippen LogP contribution in [0.1, 0.15) is 28.8 Å². The van der Waals surface area contributed by atoms with Crippen LogP contribution in [-0.4, -0.2) is 42.3 Å². The number of benzene rings is 2. The molecule has 2 aromatic carbocycles.